The van der Waals surface area contributed by atoms with Crippen LogP contribution in [0.2, 0.25) is 0 Å². The Morgan fingerprint density at radius 3 is 2.72 bits per heavy atom. The summed E-state index contributed by atoms with van der Waals surface area (Å²) < 4.78 is 10.0. The van der Waals surface area contributed by atoms with Gasteiger partial charge in [0.25, 0.3) is 6.26 Å². The average molecular weight is 254 g/mol. The molecule has 1 rings (SSSR count). The van der Waals surface area contributed by atoms with Crippen molar-refractivity contribution in [2.24, 2.45) is 5.92 Å². The predicted octanol–water partition coefficient (Wildman–Crippen LogP) is 2.57. The molecule has 1 fully saturated rings. The number of nitriles is 1. The van der Waals surface area contributed by atoms with E-state index in [0.29, 0.717) is 19.1 Å². The third-order valence-corrected chi connectivity index (χ3v) is 3.43. The number of carbonyl (C=O) groups excluding carboxylic acids is 1. The van der Waals surface area contributed by atoms with Crippen LogP contribution in [0.25, 0.3) is 0 Å². The maximum absolute atomic E-state index is 11.3. The minimum atomic E-state index is -0.335. The SMILES string of the molecule is CCCOC(=O)NCC1CCC(C)(OC#N)CC1. The third kappa shape index (κ3) is 4.82. The van der Waals surface area contributed by atoms with Crippen molar-refractivity contribution >= 4 is 6.09 Å². The van der Waals surface area contributed by atoms with E-state index >= 15 is 0 Å². The van der Waals surface area contributed by atoms with Gasteiger partial charge in [-0.1, -0.05) is 6.92 Å². The van der Waals surface area contributed by atoms with Gasteiger partial charge in [-0.3, -0.25) is 0 Å². The molecule has 1 aliphatic rings. The van der Waals surface area contributed by atoms with Crippen LogP contribution in [-0.4, -0.2) is 24.8 Å². The number of rotatable bonds is 5. The largest absolute Gasteiger partial charge is 0.450 e. The van der Waals surface area contributed by atoms with Crippen LogP contribution in [0.1, 0.15) is 46.0 Å². The maximum atomic E-state index is 11.3. The normalized spacial score (nSPS) is 27.1. The summed E-state index contributed by atoms with van der Waals surface area (Å²) in [6, 6.07) is 0. The Morgan fingerprint density at radius 2 is 2.17 bits per heavy atom. The van der Waals surface area contributed by atoms with Crippen molar-refractivity contribution in [3.8, 4) is 6.26 Å². The maximum Gasteiger partial charge on any atom is 0.407 e. The Kier molecular flexibility index (Phi) is 5.76. The summed E-state index contributed by atoms with van der Waals surface area (Å²) in [7, 11) is 0. The summed E-state index contributed by atoms with van der Waals surface area (Å²) in [6.45, 7) is 5.04. The second-order valence-corrected chi connectivity index (χ2v) is 5.10. The molecule has 0 aromatic heterocycles. The van der Waals surface area contributed by atoms with Crippen molar-refractivity contribution < 1.29 is 14.3 Å². The number of carbonyl (C=O) groups is 1. The zero-order valence-corrected chi connectivity index (χ0v) is 11.2. The Morgan fingerprint density at radius 1 is 1.50 bits per heavy atom. The quantitative estimate of drug-likeness (QED) is 0.765. The van der Waals surface area contributed by atoms with Crippen molar-refractivity contribution in [3.63, 3.8) is 0 Å². The second-order valence-electron chi connectivity index (χ2n) is 5.10. The van der Waals surface area contributed by atoms with Crippen LogP contribution < -0.4 is 5.32 Å². The Balaban J connectivity index is 2.20. The summed E-state index contributed by atoms with van der Waals surface area (Å²) in [6.07, 6.45) is 5.92. The van der Waals surface area contributed by atoms with Gasteiger partial charge >= 0.3 is 6.09 Å². The molecule has 0 bridgehead atoms. The first-order valence-electron chi connectivity index (χ1n) is 6.57. The number of nitrogens with zero attached hydrogens (tertiary/aromatic N) is 1. The first kappa shape index (κ1) is 14.6. The van der Waals surface area contributed by atoms with E-state index < -0.39 is 0 Å². The van der Waals surface area contributed by atoms with E-state index in [9.17, 15) is 4.79 Å². The van der Waals surface area contributed by atoms with Gasteiger partial charge in [0.05, 0.1) is 6.61 Å². The molecule has 18 heavy (non-hydrogen) atoms. The van der Waals surface area contributed by atoms with Crippen molar-refractivity contribution in [3.05, 3.63) is 0 Å². The van der Waals surface area contributed by atoms with E-state index in [1.165, 1.54) is 0 Å². The highest BCUT2D eigenvalue weighted by molar-refractivity contribution is 5.67. The molecule has 1 amide bonds. The minimum Gasteiger partial charge on any atom is -0.450 e. The molecule has 0 saturated heterocycles. The molecule has 1 N–H and O–H groups in total. The highest BCUT2D eigenvalue weighted by Crippen LogP contribution is 2.34. The minimum absolute atomic E-state index is 0.312. The molecule has 0 unspecified atom stereocenters. The molecule has 0 aliphatic heterocycles. The predicted molar refractivity (Wildman–Crippen MR) is 66.7 cm³/mol. The first-order valence-corrected chi connectivity index (χ1v) is 6.57. The molecule has 1 aliphatic carbocycles. The molecule has 5 heteroatoms. The Bertz CT molecular complexity index is 304. The van der Waals surface area contributed by atoms with Gasteiger partial charge in [-0.15, -0.1) is 0 Å². The Labute approximate surface area is 108 Å². The van der Waals surface area contributed by atoms with Crippen molar-refractivity contribution in [1.29, 1.82) is 5.26 Å². The molecular formula is C13H22N2O3. The summed E-state index contributed by atoms with van der Waals surface area (Å²) in [5.41, 5.74) is -0.312. The fraction of sp³-hybridized carbons (Fsp3) is 0.846. The van der Waals surface area contributed by atoms with Crippen LogP contribution in [0.3, 0.4) is 0 Å². The molecule has 0 heterocycles. The number of amides is 1. The van der Waals surface area contributed by atoms with E-state index in [4.69, 9.17) is 14.7 Å². The molecule has 0 aromatic rings. The molecule has 0 spiro atoms. The van der Waals surface area contributed by atoms with Gasteiger partial charge in [0.15, 0.2) is 0 Å². The zero-order chi connectivity index (χ0) is 13.4. The van der Waals surface area contributed by atoms with Gasteiger partial charge in [0.2, 0.25) is 0 Å². The van der Waals surface area contributed by atoms with Gasteiger partial charge in [-0.05, 0) is 44.9 Å². The summed E-state index contributed by atoms with van der Waals surface area (Å²) in [5.74, 6) is 0.453. The van der Waals surface area contributed by atoms with Gasteiger partial charge in [-0.25, -0.2) is 4.79 Å². The summed E-state index contributed by atoms with van der Waals surface area (Å²) in [5, 5.41) is 11.3. The van der Waals surface area contributed by atoms with Crippen molar-refractivity contribution in [2.45, 2.75) is 51.6 Å². The van der Waals surface area contributed by atoms with Crippen LogP contribution in [0, 0.1) is 17.4 Å². The highest BCUT2D eigenvalue weighted by Gasteiger charge is 2.32. The van der Waals surface area contributed by atoms with Gasteiger partial charge in [0.1, 0.15) is 5.60 Å². The average Bonchev–Trinajstić information content (AvgIpc) is 2.36. The smallest absolute Gasteiger partial charge is 0.407 e. The lowest BCUT2D eigenvalue weighted by molar-refractivity contribution is 0.00434. The summed E-state index contributed by atoms with van der Waals surface area (Å²) in [4.78, 5) is 11.3. The number of alkyl carbamates (subject to hydrolysis) is 1. The first-order chi connectivity index (χ1) is 8.59. The number of nitrogens with one attached hydrogen (secondary N) is 1. The van der Waals surface area contributed by atoms with Crippen LogP contribution in [-0.2, 0) is 9.47 Å². The topological polar surface area (TPSA) is 71.3 Å². The molecule has 102 valence electrons. The molecule has 5 nitrogen and oxygen atoms in total. The lowest BCUT2D eigenvalue weighted by Gasteiger charge is -2.34. The van der Waals surface area contributed by atoms with Crippen LogP contribution >= 0.6 is 0 Å². The zero-order valence-electron chi connectivity index (χ0n) is 11.2. The van der Waals surface area contributed by atoms with Crippen LogP contribution in [0.5, 0.6) is 0 Å². The monoisotopic (exact) mass is 254 g/mol. The van der Waals surface area contributed by atoms with Crippen LogP contribution in [0.15, 0.2) is 0 Å². The van der Waals surface area contributed by atoms with Crippen molar-refractivity contribution in [2.75, 3.05) is 13.2 Å². The molecular weight excluding hydrogens is 232 g/mol. The lowest BCUT2D eigenvalue weighted by atomic mass is 9.80. The van der Waals surface area contributed by atoms with Gasteiger partial charge in [0, 0.05) is 6.54 Å². The second kappa shape index (κ2) is 7.10. The molecule has 0 radical (unpaired) electrons. The standard InChI is InChI=1S/C13H22N2O3/c1-3-8-17-12(16)15-9-11-4-6-13(2,7-5-11)18-10-14/h11H,3-9H2,1-2H3,(H,15,16). The van der Waals surface area contributed by atoms with E-state index in [0.717, 1.165) is 32.1 Å². The molecule has 1 saturated carbocycles. The highest BCUT2D eigenvalue weighted by atomic mass is 16.5. The van der Waals surface area contributed by atoms with E-state index in [-0.39, 0.29) is 11.7 Å². The lowest BCUT2D eigenvalue weighted by Crippen LogP contribution is -2.37. The van der Waals surface area contributed by atoms with Gasteiger partial charge in [-0.2, -0.15) is 5.26 Å². The van der Waals surface area contributed by atoms with E-state index in [2.05, 4.69) is 5.32 Å². The Hall–Kier alpha value is -1.44. The fourth-order valence-electron chi connectivity index (χ4n) is 2.18. The molecule has 0 atom stereocenters. The van der Waals surface area contributed by atoms with E-state index in [1.54, 1.807) is 6.26 Å². The van der Waals surface area contributed by atoms with Crippen LogP contribution in [0.4, 0.5) is 4.79 Å². The third-order valence-electron chi connectivity index (χ3n) is 3.43. The fourth-order valence-corrected chi connectivity index (χ4v) is 2.18. The number of hydrogen-bond donors (Lipinski definition) is 1. The van der Waals surface area contributed by atoms with E-state index in [1.807, 2.05) is 13.8 Å². The summed E-state index contributed by atoms with van der Waals surface area (Å²) >= 11 is 0. The van der Waals surface area contributed by atoms with Crippen molar-refractivity contribution in [1.82, 2.24) is 5.32 Å². The number of ether oxygens (including phenoxy) is 2. The molecule has 0 aromatic carbocycles. The van der Waals surface area contributed by atoms with Gasteiger partial charge < -0.3 is 14.8 Å². The number of hydrogen-bond acceptors (Lipinski definition) is 4.